The lowest BCUT2D eigenvalue weighted by atomic mass is 10.0. The van der Waals surface area contributed by atoms with Crippen molar-refractivity contribution in [1.82, 2.24) is 5.32 Å². The summed E-state index contributed by atoms with van der Waals surface area (Å²) in [5, 5.41) is 3.41. The van der Waals surface area contributed by atoms with E-state index >= 15 is 0 Å². The van der Waals surface area contributed by atoms with Gasteiger partial charge in [-0.15, -0.1) is 6.58 Å². The second-order valence-electron chi connectivity index (χ2n) is 6.72. The van der Waals surface area contributed by atoms with Gasteiger partial charge in [0.1, 0.15) is 0 Å². The third-order valence-corrected chi connectivity index (χ3v) is 3.96. The average molecular weight is 312 g/mol. The van der Waals surface area contributed by atoms with E-state index in [9.17, 15) is 0 Å². The number of hydrogen-bond donors (Lipinski definition) is 1. The zero-order valence-electron chi connectivity index (χ0n) is 15.3. The molecule has 1 aliphatic rings. The van der Waals surface area contributed by atoms with Gasteiger partial charge in [-0.3, -0.25) is 0 Å². The Bertz CT molecular complexity index is 526. The zero-order chi connectivity index (χ0) is 17.1. The molecule has 1 aliphatic carbocycles. The molecule has 0 bridgehead atoms. The third kappa shape index (κ3) is 9.78. The van der Waals surface area contributed by atoms with Gasteiger partial charge < -0.3 is 5.32 Å². The standard InChI is InChI=1S/C22H33N/c1-18(2)11-9-10-12-19(3)15-16-20(4)23-21(5)17-22-13-7-6-8-14-22/h6-7,13,15-16,23H,1,5,8-12,14,17H2,2-4H3/b19-15+,20-16+. The number of allylic oxidation sites excluding steroid dienone is 9. The van der Waals surface area contributed by atoms with Crippen LogP contribution in [-0.2, 0) is 0 Å². The molecule has 0 saturated heterocycles. The predicted molar refractivity (Wildman–Crippen MR) is 104 cm³/mol. The van der Waals surface area contributed by atoms with E-state index in [4.69, 9.17) is 0 Å². The Morgan fingerprint density at radius 1 is 1.13 bits per heavy atom. The largest absolute Gasteiger partial charge is 0.363 e. The summed E-state index contributed by atoms with van der Waals surface area (Å²) < 4.78 is 0. The van der Waals surface area contributed by atoms with Crippen LogP contribution < -0.4 is 5.32 Å². The van der Waals surface area contributed by atoms with Crippen LogP contribution in [0.4, 0.5) is 0 Å². The molecule has 23 heavy (non-hydrogen) atoms. The molecule has 1 heteroatoms. The molecule has 1 nitrogen and oxygen atoms in total. The van der Waals surface area contributed by atoms with Crippen LogP contribution in [0.25, 0.3) is 0 Å². The summed E-state index contributed by atoms with van der Waals surface area (Å²) in [6.45, 7) is 14.5. The molecule has 0 spiro atoms. The lowest BCUT2D eigenvalue weighted by Crippen LogP contribution is -2.10. The molecule has 1 N–H and O–H groups in total. The second kappa shape index (κ2) is 10.9. The van der Waals surface area contributed by atoms with E-state index in [0.717, 1.165) is 43.5 Å². The van der Waals surface area contributed by atoms with E-state index in [1.807, 2.05) is 0 Å². The summed E-state index contributed by atoms with van der Waals surface area (Å²) in [5.74, 6) is 0. The van der Waals surface area contributed by atoms with E-state index in [-0.39, 0.29) is 0 Å². The Labute approximate surface area is 143 Å². The molecule has 0 radical (unpaired) electrons. The first-order valence-electron chi connectivity index (χ1n) is 8.75. The predicted octanol–water partition coefficient (Wildman–Crippen LogP) is 6.74. The molecule has 0 fully saturated rings. The summed E-state index contributed by atoms with van der Waals surface area (Å²) in [6.07, 6.45) is 19.0. The maximum Gasteiger partial charge on any atom is 0.0117 e. The van der Waals surface area contributed by atoms with Gasteiger partial charge in [0.15, 0.2) is 0 Å². The van der Waals surface area contributed by atoms with Crippen molar-refractivity contribution in [3.05, 3.63) is 71.7 Å². The van der Waals surface area contributed by atoms with Crippen LogP contribution in [0.2, 0.25) is 0 Å². The van der Waals surface area contributed by atoms with Crippen molar-refractivity contribution >= 4 is 0 Å². The Morgan fingerprint density at radius 2 is 1.87 bits per heavy atom. The first-order chi connectivity index (χ1) is 11.0. The number of hydrogen-bond acceptors (Lipinski definition) is 1. The van der Waals surface area contributed by atoms with Crippen LogP contribution in [0, 0.1) is 0 Å². The Hall–Kier alpha value is -1.76. The highest BCUT2D eigenvalue weighted by atomic mass is 14.9. The minimum absolute atomic E-state index is 0.944. The molecule has 1 rings (SSSR count). The van der Waals surface area contributed by atoms with Crippen LogP contribution in [-0.4, -0.2) is 0 Å². The maximum atomic E-state index is 4.15. The minimum Gasteiger partial charge on any atom is -0.363 e. The fourth-order valence-corrected chi connectivity index (χ4v) is 2.62. The van der Waals surface area contributed by atoms with E-state index in [0.29, 0.717) is 0 Å². The van der Waals surface area contributed by atoms with Crippen molar-refractivity contribution < 1.29 is 0 Å². The topological polar surface area (TPSA) is 12.0 Å². The molecule has 0 heterocycles. The summed E-state index contributed by atoms with van der Waals surface area (Å²) in [7, 11) is 0. The van der Waals surface area contributed by atoms with Crippen molar-refractivity contribution in [2.75, 3.05) is 0 Å². The van der Waals surface area contributed by atoms with E-state index in [1.165, 1.54) is 29.6 Å². The highest BCUT2D eigenvalue weighted by molar-refractivity contribution is 5.24. The SMILES string of the molecule is C=C(C)CCCC/C(C)=C/C=C(\C)NC(=C)CC1=CC=CCC1. The Kier molecular flexibility index (Phi) is 9.12. The van der Waals surface area contributed by atoms with Crippen molar-refractivity contribution in [2.24, 2.45) is 0 Å². The molecule has 0 atom stereocenters. The van der Waals surface area contributed by atoms with E-state index < -0.39 is 0 Å². The molecule has 0 aromatic heterocycles. The number of nitrogens with one attached hydrogen (secondary N) is 1. The van der Waals surface area contributed by atoms with Crippen LogP contribution in [0.3, 0.4) is 0 Å². The van der Waals surface area contributed by atoms with Gasteiger partial charge in [-0.1, -0.05) is 47.6 Å². The second-order valence-corrected chi connectivity index (χ2v) is 6.72. The van der Waals surface area contributed by atoms with Gasteiger partial charge >= 0.3 is 0 Å². The average Bonchev–Trinajstić information content (AvgIpc) is 2.50. The Morgan fingerprint density at radius 3 is 2.52 bits per heavy atom. The first kappa shape index (κ1) is 19.3. The van der Waals surface area contributed by atoms with Crippen molar-refractivity contribution in [3.8, 4) is 0 Å². The van der Waals surface area contributed by atoms with Gasteiger partial charge in [0.2, 0.25) is 0 Å². The maximum absolute atomic E-state index is 4.15. The molecule has 0 amide bonds. The zero-order valence-corrected chi connectivity index (χ0v) is 15.3. The molecule has 0 unspecified atom stereocenters. The normalized spacial score (nSPS) is 15.3. The van der Waals surface area contributed by atoms with E-state index in [2.05, 4.69) is 69.6 Å². The highest BCUT2D eigenvalue weighted by Gasteiger charge is 2.02. The molecule has 0 aromatic rings. The smallest absolute Gasteiger partial charge is 0.0117 e. The lowest BCUT2D eigenvalue weighted by molar-refractivity contribution is 0.726. The van der Waals surface area contributed by atoms with Gasteiger partial charge in [-0.05, 0) is 65.4 Å². The fraction of sp³-hybridized carbons (Fsp3) is 0.455. The van der Waals surface area contributed by atoms with Crippen molar-refractivity contribution in [2.45, 2.75) is 65.7 Å². The quantitative estimate of drug-likeness (QED) is 0.267. The summed E-state index contributed by atoms with van der Waals surface area (Å²) in [4.78, 5) is 0. The monoisotopic (exact) mass is 311 g/mol. The van der Waals surface area contributed by atoms with Gasteiger partial charge in [0, 0.05) is 17.8 Å². The van der Waals surface area contributed by atoms with Gasteiger partial charge in [-0.25, -0.2) is 0 Å². The van der Waals surface area contributed by atoms with Crippen molar-refractivity contribution in [3.63, 3.8) is 0 Å². The molecule has 0 aromatic carbocycles. The van der Waals surface area contributed by atoms with Gasteiger partial charge in [0.25, 0.3) is 0 Å². The number of unbranched alkanes of at least 4 members (excludes halogenated alkanes) is 1. The van der Waals surface area contributed by atoms with Gasteiger partial charge in [-0.2, -0.15) is 0 Å². The molecule has 0 aliphatic heterocycles. The first-order valence-corrected chi connectivity index (χ1v) is 8.75. The van der Waals surface area contributed by atoms with Gasteiger partial charge in [0.05, 0.1) is 0 Å². The summed E-state index contributed by atoms with van der Waals surface area (Å²) in [5.41, 5.74) is 6.41. The minimum atomic E-state index is 0.944. The Balaban J connectivity index is 2.32. The third-order valence-electron chi connectivity index (χ3n) is 3.96. The van der Waals surface area contributed by atoms with Crippen LogP contribution >= 0.6 is 0 Å². The lowest BCUT2D eigenvalue weighted by Gasteiger charge is -2.13. The fourth-order valence-electron chi connectivity index (χ4n) is 2.62. The van der Waals surface area contributed by atoms with Crippen LogP contribution in [0.5, 0.6) is 0 Å². The van der Waals surface area contributed by atoms with Crippen molar-refractivity contribution in [1.29, 1.82) is 0 Å². The molecule has 0 saturated carbocycles. The highest BCUT2D eigenvalue weighted by Crippen LogP contribution is 2.18. The summed E-state index contributed by atoms with van der Waals surface area (Å²) >= 11 is 0. The van der Waals surface area contributed by atoms with Crippen LogP contribution in [0.15, 0.2) is 71.7 Å². The van der Waals surface area contributed by atoms with E-state index in [1.54, 1.807) is 0 Å². The molecular formula is C22H33N. The molecular weight excluding hydrogens is 278 g/mol. The number of rotatable bonds is 10. The van der Waals surface area contributed by atoms with Crippen LogP contribution in [0.1, 0.15) is 65.7 Å². The molecule has 126 valence electrons. The summed E-state index contributed by atoms with van der Waals surface area (Å²) in [6, 6.07) is 0.